The van der Waals surface area contributed by atoms with Crippen LogP contribution in [-0.2, 0) is 11.3 Å². The summed E-state index contributed by atoms with van der Waals surface area (Å²) in [5.74, 6) is -1.11. The minimum Gasteiger partial charge on any atom is -0.328 e. The van der Waals surface area contributed by atoms with Gasteiger partial charge in [-0.25, -0.2) is 4.39 Å². The van der Waals surface area contributed by atoms with Gasteiger partial charge in [0.1, 0.15) is 0 Å². The Morgan fingerprint density at radius 3 is 2.56 bits per heavy atom. The van der Waals surface area contributed by atoms with Crippen LogP contribution in [0.15, 0.2) is 66.7 Å². The smallest absolute Gasteiger partial charge is 0.280 e. The van der Waals surface area contributed by atoms with Gasteiger partial charge in [-0.2, -0.15) is 5.10 Å². The van der Waals surface area contributed by atoms with Gasteiger partial charge in [0.25, 0.3) is 5.91 Å². The number of nitrogens with zero attached hydrogens (tertiary/aromatic N) is 3. The van der Waals surface area contributed by atoms with Crippen molar-refractivity contribution < 1.29 is 14.0 Å². The SMILES string of the molecule is C/C=C(/Cn1nc2c(c1C(C)C)C(c1ccc(Cl)cc1C)N(c1cccc(Cl)c1F)C2=O)c1ccccc1NC=O. The zero-order valence-electron chi connectivity index (χ0n) is 23.1. The minimum atomic E-state index is -0.668. The second-order valence-electron chi connectivity index (χ2n) is 10.2. The number of allylic oxidation sites excluding steroid dienone is 2. The molecule has 6 nitrogen and oxygen atoms in total. The first-order valence-electron chi connectivity index (χ1n) is 13.3. The number of nitrogens with one attached hydrogen (secondary N) is 1. The highest BCUT2D eigenvalue weighted by molar-refractivity contribution is 6.31. The molecule has 0 saturated carbocycles. The topological polar surface area (TPSA) is 67.2 Å². The molecule has 2 heterocycles. The van der Waals surface area contributed by atoms with E-state index in [0.29, 0.717) is 23.7 Å². The molecule has 1 N–H and O–H groups in total. The lowest BCUT2D eigenvalue weighted by atomic mass is 9.91. The summed E-state index contributed by atoms with van der Waals surface area (Å²) in [6, 6.07) is 17.0. The van der Waals surface area contributed by atoms with Crippen LogP contribution in [0.25, 0.3) is 5.57 Å². The minimum absolute atomic E-state index is 0.0280. The van der Waals surface area contributed by atoms with Crippen molar-refractivity contribution in [2.75, 3.05) is 10.2 Å². The third kappa shape index (κ3) is 5.04. The van der Waals surface area contributed by atoms with Gasteiger partial charge < -0.3 is 5.32 Å². The van der Waals surface area contributed by atoms with Crippen LogP contribution in [0.2, 0.25) is 10.0 Å². The van der Waals surface area contributed by atoms with E-state index in [-0.39, 0.29) is 22.3 Å². The Balaban J connectivity index is 1.71. The van der Waals surface area contributed by atoms with Gasteiger partial charge in [0.2, 0.25) is 6.41 Å². The fraction of sp³-hybridized carbons (Fsp3) is 0.219. The van der Waals surface area contributed by atoms with Crippen LogP contribution in [-0.4, -0.2) is 22.1 Å². The van der Waals surface area contributed by atoms with Crippen molar-refractivity contribution in [2.45, 2.75) is 46.2 Å². The van der Waals surface area contributed by atoms with Gasteiger partial charge in [0.15, 0.2) is 11.5 Å². The number of fused-ring (bicyclic) bond motifs is 1. The van der Waals surface area contributed by atoms with Gasteiger partial charge >= 0.3 is 0 Å². The predicted molar refractivity (Wildman–Crippen MR) is 162 cm³/mol. The van der Waals surface area contributed by atoms with Crippen molar-refractivity contribution in [2.24, 2.45) is 0 Å². The van der Waals surface area contributed by atoms with E-state index in [9.17, 15) is 9.59 Å². The number of hydrogen-bond donors (Lipinski definition) is 1. The van der Waals surface area contributed by atoms with Crippen LogP contribution >= 0.6 is 23.2 Å². The fourth-order valence-corrected chi connectivity index (χ4v) is 6.02. The van der Waals surface area contributed by atoms with Gasteiger partial charge in [-0.3, -0.25) is 19.2 Å². The molecule has 0 spiro atoms. The van der Waals surface area contributed by atoms with Gasteiger partial charge in [-0.05, 0) is 66.8 Å². The highest BCUT2D eigenvalue weighted by Gasteiger charge is 2.46. The maximum absolute atomic E-state index is 15.4. The Morgan fingerprint density at radius 2 is 1.88 bits per heavy atom. The third-order valence-electron chi connectivity index (χ3n) is 7.40. The van der Waals surface area contributed by atoms with Gasteiger partial charge in [0, 0.05) is 27.5 Å². The van der Waals surface area contributed by atoms with Crippen molar-refractivity contribution >= 4 is 52.5 Å². The molecule has 1 aliphatic rings. The quantitative estimate of drug-likeness (QED) is 0.210. The standard InChI is InChI=1S/C32H29Cl2FN4O2/c1-5-20(23-9-6-7-11-25(23)36-17-40)16-38-30(18(2)3)27-29(37-38)32(41)39(26-12-8-10-24(34)28(26)35)31(27)22-14-13-21(33)15-19(22)4/h5-15,17-18,31H,16H2,1-4H3,(H,36,40)/b20-5-. The molecular weight excluding hydrogens is 562 g/mol. The molecule has 1 atom stereocenters. The maximum atomic E-state index is 15.4. The normalized spacial score (nSPS) is 15.0. The number of carbonyl (C=O) groups excluding carboxylic acids is 2. The Bertz CT molecular complexity index is 1700. The zero-order valence-corrected chi connectivity index (χ0v) is 24.6. The van der Waals surface area contributed by atoms with Crippen molar-refractivity contribution in [1.29, 1.82) is 0 Å². The van der Waals surface area contributed by atoms with Gasteiger partial charge in [-0.1, -0.05) is 73.5 Å². The number of anilines is 2. The number of halogens is 3. The molecule has 41 heavy (non-hydrogen) atoms. The lowest BCUT2D eigenvalue weighted by Gasteiger charge is -2.29. The average Bonchev–Trinajstić information content (AvgIpc) is 3.44. The van der Waals surface area contributed by atoms with Crippen molar-refractivity contribution in [3.05, 3.63) is 116 Å². The Kier molecular flexibility index (Phi) is 8.02. The summed E-state index contributed by atoms with van der Waals surface area (Å²) < 4.78 is 17.3. The first-order chi connectivity index (χ1) is 19.7. The van der Waals surface area contributed by atoms with Crippen LogP contribution in [0.1, 0.15) is 71.2 Å². The number of rotatable bonds is 8. The first-order valence-corrected chi connectivity index (χ1v) is 14.0. The van der Waals surface area contributed by atoms with Crippen molar-refractivity contribution in [3.8, 4) is 0 Å². The molecule has 1 aromatic heterocycles. The van der Waals surface area contributed by atoms with E-state index in [4.69, 9.17) is 28.3 Å². The molecule has 210 valence electrons. The highest BCUT2D eigenvalue weighted by atomic mass is 35.5. The summed E-state index contributed by atoms with van der Waals surface area (Å²) in [5.41, 5.74) is 6.06. The highest BCUT2D eigenvalue weighted by Crippen LogP contribution is 2.47. The molecule has 1 unspecified atom stereocenters. The molecule has 0 saturated heterocycles. The Hall–Kier alpha value is -3.94. The number of hydrogen-bond acceptors (Lipinski definition) is 3. The molecule has 0 fully saturated rings. The van der Waals surface area contributed by atoms with E-state index in [2.05, 4.69) is 5.32 Å². The van der Waals surface area contributed by atoms with E-state index in [0.717, 1.165) is 33.5 Å². The lowest BCUT2D eigenvalue weighted by Crippen LogP contribution is -2.31. The summed E-state index contributed by atoms with van der Waals surface area (Å²) in [4.78, 5) is 26.8. The third-order valence-corrected chi connectivity index (χ3v) is 7.93. The van der Waals surface area contributed by atoms with Gasteiger partial charge in [0.05, 0.1) is 23.3 Å². The van der Waals surface area contributed by atoms with Crippen LogP contribution in [0, 0.1) is 12.7 Å². The number of amides is 2. The second kappa shape index (κ2) is 11.5. The van der Waals surface area contributed by atoms with E-state index < -0.39 is 17.8 Å². The summed E-state index contributed by atoms with van der Waals surface area (Å²) in [6.07, 6.45) is 2.62. The first kappa shape index (κ1) is 28.6. The number of aryl methyl sites for hydroxylation is 1. The summed E-state index contributed by atoms with van der Waals surface area (Å²) in [6.45, 7) is 8.30. The monoisotopic (exact) mass is 590 g/mol. The van der Waals surface area contributed by atoms with E-state index in [1.54, 1.807) is 18.2 Å². The molecule has 0 bridgehead atoms. The van der Waals surface area contributed by atoms with Gasteiger partial charge in [-0.15, -0.1) is 0 Å². The molecule has 4 aromatic rings. The second-order valence-corrected chi connectivity index (χ2v) is 11.1. The van der Waals surface area contributed by atoms with E-state index in [1.807, 2.05) is 74.9 Å². The number of carbonyl (C=O) groups is 2. The molecule has 3 aromatic carbocycles. The van der Waals surface area contributed by atoms with E-state index >= 15 is 4.39 Å². The van der Waals surface area contributed by atoms with E-state index in [1.165, 1.54) is 11.0 Å². The number of aromatic nitrogens is 2. The predicted octanol–water partition coefficient (Wildman–Crippen LogP) is 8.18. The molecule has 5 rings (SSSR count). The maximum Gasteiger partial charge on any atom is 0.280 e. The van der Waals surface area contributed by atoms with Crippen LogP contribution in [0.4, 0.5) is 15.8 Å². The largest absolute Gasteiger partial charge is 0.328 e. The van der Waals surface area contributed by atoms with Crippen molar-refractivity contribution in [1.82, 2.24) is 9.78 Å². The summed E-state index contributed by atoms with van der Waals surface area (Å²) in [5, 5.41) is 8.11. The molecular formula is C32H29Cl2FN4O2. The molecule has 2 amide bonds. The lowest BCUT2D eigenvalue weighted by molar-refractivity contribution is -0.105. The summed E-state index contributed by atoms with van der Waals surface area (Å²) >= 11 is 12.5. The Morgan fingerprint density at radius 1 is 1.12 bits per heavy atom. The Labute approximate surface area is 248 Å². The van der Waals surface area contributed by atoms with Crippen molar-refractivity contribution in [3.63, 3.8) is 0 Å². The number of para-hydroxylation sites is 1. The van der Waals surface area contributed by atoms with Crippen LogP contribution < -0.4 is 10.2 Å². The molecule has 9 heteroatoms. The zero-order chi connectivity index (χ0) is 29.4. The van der Waals surface area contributed by atoms with Crippen LogP contribution in [0.5, 0.6) is 0 Å². The molecule has 1 aliphatic heterocycles. The average molecular weight is 592 g/mol. The molecule has 0 radical (unpaired) electrons. The number of benzene rings is 3. The molecule has 0 aliphatic carbocycles. The van der Waals surface area contributed by atoms with Crippen LogP contribution in [0.3, 0.4) is 0 Å². The summed E-state index contributed by atoms with van der Waals surface area (Å²) in [7, 11) is 0. The fourth-order valence-electron chi connectivity index (χ4n) is 5.62.